The van der Waals surface area contributed by atoms with Crippen molar-refractivity contribution in [1.29, 1.82) is 0 Å². The number of likely N-dealkylation sites (tertiary alicyclic amines) is 1. The quantitative estimate of drug-likeness (QED) is 0.858. The van der Waals surface area contributed by atoms with Crippen LogP contribution >= 0.6 is 0 Å². The van der Waals surface area contributed by atoms with Crippen LogP contribution in [0.3, 0.4) is 0 Å². The highest BCUT2D eigenvalue weighted by Gasteiger charge is 2.27. The summed E-state index contributed by atoms with van der Waals surface area (Å²) < 4.78 is 0. The lowest BCUT2D eigenvalue weighted by Gasteiger charge is -2.39. The van der Waals surface area contributed by atoms with E-state index in [1.54, 1.807) is 0 Å². The van der Waals surface area contributed by atoms with Crippen molar-refractivity contribution in [2.75, 3.05) is 26.7 Å². The van der Waals surface area contributed by atoms with Crippen LogP contribution in [-0.4, -0.2) is 42.1 Å². The summed E-state index contributed by atoms with van der Waals surface area (Å²) >= 11 is 0. The first-order valence-corrected chi connectivity index (χ1v) is 6.53. The van der Waals surface area contributed by atoms with Crippen LogP contribution in [0.2, 0.25) is 0 Å². The zero-order valence-corrected chi connectivity index (χ0v) is 10.9. The van der Waals surface area contributed by atoms with Gasteiger partial charge in [0.25, 0.3) is 0 Å². The van der Waals surface area contributed by atoms with Gasteiger partial charge in [-0.1, -0.05) is 6.07 Å². The summed E-state index contributed by atoms with van der Waals surface area (Å²) in [5.74, 6) is 0. The minimum absolute atomic E-state index is 0.349. The third-order valence-electron chi connectivity index (χ3n) is 3.97. The van der Waals surface area contributed by atoms with Gasteiger partial charge in [-0.2, -0.15) is 0 Å². The topological polar surface area (TPSA) is 28.2 Å². The third kappa shape index (κ3) is 3.51. The molecule has 0 spiro atoms. The number of hydrogen-bond acceptors (Lipinski definition) is 3. The number of nitrogens with zero attached hydrogens (tertiary/aromatic N) is 2. The monoisotopic (exact) mass is 233 g/mol. The molecule has 1 aromatic heterocycles. The molecule has 0 radical (unpaired) electrons. The van der Waals surface area contributed by atoms with Gasteiger partial charge >= 0.3 is 0 Å². The van der Waals surface area contributed by atoms with Crippen molar-refractivity contribution in [3.8, 4) is 0 Å². The van der Waals surface area contributed by atoms with Gasteiger partial charge in [0.05, 0.1) is 0 Å². The Morgan fingerprint density at radius 1 is 1.35 bits per heavy atom. The highest BCUT2D eigenvalue weighted by molar-refractivity contribution is 5.04. The molecule has 94 valence electrons. The van der Waals surface area contributed by atoms with Crippen molar-refractivity contribution in [3.05, 3.63) is 30.1 Å². The van der Waals surface area contributed by atoms with E-state index in [2.05, 4.69) is 41.3 Å². The lowest BCUT2D eigenvalue weighted by Crippen LogP contribution is -2.50. The third-order valence-corrected chi connectivity index (χ3v) is 3.97. The standard InChI is InChI=1S/C14H23N3/c1-14(15-2)7-11-17(12-8-14)10-6-13-5-3-4-9-16-13/h3-5,9,15H,6-8,10-12H2,1-2H3. The molecule has 2 rings (SSSR count). The molecule has 1 N–H and O–H groups in total. The molecule has 3 heteroatoms. The van der Waals surface area contributed by atoms with Gasteiger partial charge < -0.3 is 10.2 Å². The average Bonchev–Trinajstić information content (AvgIpc) is 2.39. The number of piperidine rings is 1. The lowest BCUT2D eigenvalue weighted by atomic mass is 9.90. The predicted molar refractivity (Wildman–Crippen MR) is 71.1 cm³/mol. The molecule has 1 aliphatic heterocycles. The number of pyridine rings is 1. The first-order valence-electron chi connectivity index (χ1n) is 6.53. The van der Waals surface area contributed by atoms with E-state index in [-0.39, 0.29) is 0 Å². The molecule has 1 aliphatic rings. The molecule has 3 nitrogen and oxygen atoms in total. The van der Waals surface area contributed by atoms with Crippen molar-refractivity contribution in [2.45, 2.75) is 31.7 Å². The van der Waals surface area contributed by atoms with E-state index in [1.165, 1.54) is 31.6 Å². The van der Waals surface area contributed by atoms with E-state index in [1.807, 2.05) is 12.3 Å². The molecule has 0 amide bonds. The molecular formula is C14H23N3. The Morgan fingerprint density at radius 2 is 2.12 bits per heavy atom. The van der Waals surface area contributed by atoms with Crippen molar-refractivity contribution in [1.82, 2.24) is 15.2 Å². The Hall–Kier alpha value is -0.930. The van der Waals surface area contributed by atoms with Crippen molar-refractivity contribution in [3.63, 3.8) is 0 Å². The first-order chi connectivity index (χ1) is 8.22. The zero-order valence-electron chi connectivity index (χ0n) is 10.9. The van der Waals surface area contributed by atoms with Crippen LogP contribution in [0.25, 0.3) is 0 Å². The first kappa shape index (κ1) is 12.5. The SMILES string of the molecule is CNC1(C)CCN(CCc2ccccn2)CC1. The summed E-state index contributed by atoms with van der Waals surface area (Å²) in [6, 6.07) is 6.15. The summed E-state index contributed by atoms with van der Waals surface area (Å²) in [4.78, 5) is 6.92. The molecule has 1 fully saturated rings. The summed E-state index contributed by atoms with van der Waals surface area (Å²) in [5, 5.41) is 3.44. The maximum absolute atomic E-state index is 4.37. The summed E-state index contributed by atoms with van der Waals surface area (Å²) in [7, 11) is 2.07. The van der Waals surface area contributed by atoms with E-state index < -0.39 is 0 Å². The van der Waals surface area contributed by atoms with Crippen LogP contribution < -0.4 is 5.32 Å². The highest BCUT2D eigenvalue weighted by atomic mass is 15.1. The van der Waals surface area contributed by atoms with Gasteiger partial charge in [0.15, 0.2) is 0 Å². The second-order valence-electron chi connectivity index (χ2n) is 5.22. The molecule has 2 heterocycles. The number of aromatic nitrogens is 1. The Labute approximate surface area is 104 Å². The molecule has 0 aromatic carbocycles. The fourth-order valence-electron chi connectivity index (χ4n) is 2.34. The largest absolute Gasteiger partial charge is 0.314 e. The minimum atomic E-state index is 0.349. The molecule has 0 saturated carbocycles. The van der Waals surface area contributed by atoms with Gasteiger partial charge in [-0.25, -0.2) is 0 Å². The van der Waals surface area contributed by atoms with E-state index in [0.29, 0.717) is 5.54 Å². The fraction of sp³-hybridized carbons (Fsp3) is 0.643. The molecule has 0 atom stereocenters. The number of rotatable bonds is 4. The molecule has 0 unspecified atom stereocenters. The summed E-state index contributed by atoms with van der Waals surface area (Å²) in [6.07, 6.45) is 5.43. The molecular weight excluding hydrogens is 210 g/mol. The Balaban J connectivity index is 1.75. The van der Waals surface area contributed by atoms with Crippen LogP contribution in [0.4, 0.5) is 0 Å². The Morgan fingerprint density at radius 3 is 2.71 bits per heavy atom. The fourth-order valence-corrected chi connectivity index (χ4v) is 2.34. The molecule has 17 heavy (non-hydrogen) atoms. The average molecular weight is 233 g/mol. The van der Waals surface area contributed by atoms with Gasteiger partial charge in [-0.15, -0.1) is 0 Å². The smallest absolute Gasteiger partial charge is 0.0416 e. The van der Waals surface area contributed by atoms with Crippen LogP contribution in [0.5, 0.6) is 0 Å². The maximum atomic E-state index is 4.37. The molecule has 0 bridgehead atoms. The van der Waals surface area contributed by atoms with Gasteiger partial charge in [-0.05, 0) is 52.0 Å². The van der Waals surface area contributed by atoms with Crippen molar-refractivity contribution >= 4 is 0 Å². The second kappa shape index (κ2) is 5.61. The summed E-state index contributed by atoms with van der Waals surface area (Å²) in [6.45, 7) is 5.86. The summed E-state index contributed by atoms with van der Waals surface area (Å²) in [5.41, 5.74) is 1.55. The highest BCUT2D eigenvalue weighted by Crippen LogP contribution is 2.20. The minimum Gasteiger partial charge on any atom is -0.314 e. The molecule has 0 aliphatic carbocycles. The van der Waals surface area contributed by atoms with Crippen LogP contribution in [0.1, 0.15) is 25.5 Å². The second-order valence-corrected chi connectivity index (χ2v) is 5.22. The maximum Gasteiger partial charge on any atom is 0.0416 e. The van der Waals surface area contributed by atoms with E-state index >= 15 is 0 Å². The Kier molecular flexibility index (Phi) is 4.13. The normalized spacial score (nSPS) is 20.4. The lowest BCUT2D eigenvalue weighted by molar-refractivity contribution is 0.153. The van der Waals surface area contributed by atoms with E-state index in [4.69, 9.17) is 0 Å². The van der Waals surface area contributed by atoms with E-state index in [0.717, 1.165) is 13.0 Å². The Bertz CT molecular complexity index is 329. The van der Waals surface area contributed by atoms with Gasteiger partial charge in [0, 0.05) is 30.4 Å². The van der Waals surface area contributed by atoms with Crippen molar-refractivity contribution < 1.29 is 0 Å². The van der Waals surface area contributed by atoms with Gasteiger partial charge in [0.2, 0.25) is 0 Å². The van der Waals surface area contributed by atoms with Crippen LogP contribution in [-0.2, 0) is 6.42 Å². The van der Waals surface area contributed by atoms with Crippen LogP contribution in [0.15, 0.2) is 24.4 Å². The predicted octanol–water partition coefficient (Wildman–Crippen LogP) is 1.70. The van der Waals surface area contributed by atoms with Crippen LogP contribution in [0, 0.1) is 0 Å². The number of nitrogens with one attached hydrogen (secondary N) is 1. The molecule has 1 aromatic rings. The zero-order chi connectivity index (χ0) is 12.1. The van der Waals surface area contributed by atoms with E-state index in [9.17, 15) is 0 Å². The van der Waals surface area contributed by atoms with Gasteiger partial charge in [0.1, 0.15) is 0 Å². The molecule has 1 saturated heterocycles. The van der Waals surface area contributed by atoms with Crippen molar-refractivity contribution in [2.24, 2.45) is 0 Å². The van der Waals surface area contributed by atoms with Gasteiger partial charge in [-0.3, -0.25) is 4.98 Å². The number of hydrogen-bond donors (Lipinski definition) is 1.